The van der Waals surface area contributed by atoms with Crippen molar-refractivity contribution in [2.75, 3.05) is 0 Å². The SMILES string of the molecule is CC(C)c1cccc(C(C)C)c1-n1c(C2=CCC(=O)c3c2oc2nc4ccc(F)cc4cc32)nc2ccccc21. The molecule has 0 spiro atoms. The second kappa shape index (κ2) is 8.98. The summed E-state index contributed by atoms with van der Waals surface area (Å²) in [4.78, 5) is 23.1. The molecule has 0 atom stereocenters. The Morgan fingerprint density at radius 1 is 0.875 bits per heavy atom. The van der Waals surface area contributed by atoms with E-state index in [0.29, 0.717) is 33.3 Å². The summed E-state index contributed by atoms with van der Waals surface area (Å²) < 4.78 is 22.6. The predicted octanol–water partition coefficient (Wildman–Crippen LogP) is 8.72. The Labute approximate surface area is 231 Å². The number of fused-ring (bicyclic) bond motifs is 5. The molecule has 0 N–H and O–H groups in total. The van der Waals surface area contributed by atoms with Crippen LogP contribution in [0.5, 0.6) is 0 Å². The van der Waals surface area contributed by atoms with Crippen molar-refractivity contribution in [3.63, 3.8) is 0 Å². The Balaban J connectivity index is 1.55. The maximum atomic E-state index is 14.0. The van der Waals surface area contributed by atoms with Gasteiger partial charge in [-0.25, -0.2) is 14.4 Å². The van der Waals surface area contributed by atoms with E-state index in [4.69, 9.17) is 9.40 Å². The summed E-state index contributed by atoms with van der Waals surface area (Å²) in [7, 11) is 0. The van der Waals surface area contributed by atoms with E-state index in [9.17, 15) is 9.18 Å². The largest absolute Gasteiger partial charge is 0.437 e. The first kappa shape index (κ1) is 24.5. The maximum absolute atomic E-state index is 14.0. The van der Waals surface area contributed by atoms with Crippen LogP contribution in [0.4, 0.5) is 4.39 Å². The minimum atomic E-state index is -0.351. The lowest BCUT2D eigenvalue weighted by molar-refractivity contribution is 0.0994. The molecule has 1 aliphatic carbocycles. The minimum Gasteiger partial charge on any atom is -0.437 e. The number of aromatic nitrogens is 3. The standard InChI is InChI=1S/C34H28FN3O2/c1-18(2)22-8-7-9-23(19(3)4)31(22)38-28-11-6-5-10-27(28)36-33(38)24-13-15-29(39)30-25-17-20-16-21(35)12-14-26(20)37-34(25)40-32(24)30/h5-14,16-19H,15H2,1-4H3. The zero-order valence-electron chi connectivity index (χ0n) is 22.8. The van der Waals surface area contributed by atoms with Gasteiger partial charge in [-0.05, 0) is 59.4 Å². The van der Waals surface area contributed by atoms with Crippen LogP contribution in [-0.4, -0.2) is 20.3 Å². The highest BCUT2D eigenvalue weighted by atomic mass is 19.1. The lowest BCUT2D eigenvalue weighted by atomic mass is 9.91. The Hall–Kier alpha value is -4.58. The molecule has 1 aliphatic rings. The van der Waals surface area contributed by atoms with Crippen molar-refractivity contribution in [1.82, 2.24) is 14.5 Å². The first-order valence-electron chi connectivity index (χ1n) is 13.7. The Morgan fingerprint density at radius 3 is 2.38 bits per heavy atom. The monoisotopic (exact) mass is 529 g/mol. The van der Waals surface area contributed by atoms with Crippen molar-refractivity contribution in [3.05, 3.63) is 107 Å². The highest BCUT2D eigenvalue weighted by Gasteiger charge is 2.32. The van der Waals surface area contributed by atoms with Crippen LogP contribution in [0, 0.1) is 5.82 Å². The molecule has 3 heterocycles. The van der Waals surface area contributed by atoms with Gasteiger partial charge in [0.25, 0.3) is 0 Å². The lowest BCUT2D eigenvalue weighted by Gasteiger charge is -2.23. The topological polar surface area (TPSA) is 60.9 Å². The number of carbonyl (C=O) groups is 1. The number of imidazole rings is 1. The number of pyridine rings is 1. The third-order valence-electron chi connectivity index (χ3n) is 7.82. The number of para-hydroxylation sites is 3. The highest BCUT2D eigenvalue weighted by molar-refractivity contribution is 6.15. The second-order valence-corrected chi connectivity index (χ2v) is 11.1. The summed E-state index contributed by atoms with van der Waals surface area (Å²) in [5.74, 6) is 1.34. The van der Waals surface area contributed by atoms with E-state index in [2.05, 4.69) is 61.5 Å². The lowest BCUT2D eigenvalue weighted by Crippen LogP contribution is -2.13. The van der Waals surface area contributed by atoms with Gasteiger partial charge in [-0.1, -0.05) is 64.1 Å². The molecule has 6 heteroatoms. The molecule has 0 radical (unpaired) electrons. The van der Waals surface area contributed by atoms with E-state index in [1.807, 2.05) is 24.3 Å². The second-order valence-electron chi connectivity index (χ2n) is 11.1. The molecule has 3 aromatic carbocycles. The summed E-state index contributed by atoms with van der Waals surface area (Å²) >= 11 is 0. The van der Waals surface area contributed by atoms with E-state index in [-0.39, 0.29) is 29.9 Å². The van der Waals surface area contributed by atoms with Crippen LogP contribution in [-0.2, 0) is 0 Å². The number of hydrogen-bond acceptors (Lipinski definition) is 4. The number of nitrogens with zero attached hydrogens (tertiary/aromatic N) is 3. The van der Waals surface area contributed by atoms with Crippen LogP contribution in [0.25, 0.3) is 44.3 Å². The zero-order valence-corrected chi connectivity index (χ0v) is 22.8. The summed E-state index contributed by atoms with van der Waals surface area (Å²) in [5, 5.41) is 1.22. The fourth-order valence-electron chi connectivity index (χ4n) is 5.91. The van der Waals surface area contributed by atoms with E-state index >= 15 is 0 Å². The number of hydrogen-bond donors (Lipinski definition) is 0. The van der Waals surface area contributed by atoms with Gasteiger partial charge in [0.05, 0.1) is 38.8 Å². The fraction of sp³-hybridized carbons (Fsp3) is 0.206. The van der Waals surface area contributed by atoms with Crippen molar-refractivity contribution in [3.8, 4) is 5.69 Å². The molecule has 0 saturated heterocycles. The van der Waals surface area contributed by atoms with Crippen LogP contribution in [0.1, 0.15) is 79.0 Å². The van der Waals surface area contributed by atoms with Crippen molar-refractivity contribution >= 4 is 44.4 Å². The number of rotatable bonds is 4. The van der Waals surface area contributed by atoms with E-state index < -0.39 is 0 Å². The minimum absolute atomic E-state index is 0.0526. The smallest absolute Gasteiger partial charge is 0.228 e. The van der Waals surface area contributed by atoms with E-state index in [1.165, 1.54) is 23.3 Å². The number of allylic oxidation sites excluding steroid dienone is 1. The molecular weight excluding hydrogens is 501 g/mol. The van der Waals surface area contributed by atoms with Gasteiger partial charge >= 0.3 is 0 Å². The van der Waals surface area contributed by atoms with Gasteiger partial charge in [-0.3, -0.25) is 9.36 Å². The molecule has 3 aromatic heterocycles. The van der Waals surface area contributed by atoms with Crippen molar-refractivity contribution in [2.24, 2.45) is 0 Å². The number of benzene rings is 3. The maximum Gasteiger partial charge on any atom is 0.228 e. The van der Waals surface area contributed by atoms with Crippen molar-refractivity contribution in [1.29, 1.82) is 0 Å². The molecule has 0 bridgehead atoms. The van der Waals surface area contributed by atoms with Gasteiger partial charge in [0, 0.05) is 11.8 Å². The van der Waals surface area contributed by atoms with Crippen molar-refractivity contribution < 1.29 is 13.6 Å². The molecule has 0 saturated carbocycles. The number of carbonyl (C=O) groups excluding carboxylic acids is 1. The molecule has 40 heavy (non-hydrogen) atoms. The van der Waals surface area contributed by atoms with Crippen molar-refractivity contribution in [2.45, 2.75) is 46.0 Å². The van der Waals surface area contributed by atoms with Gasteiger partial charge < -0.3 is 4.42 Å². The molecule has 0 aliphatic heterocycles. The van der Waals surface area contributed by atoms with Gasteiger partial charge in [-0.2, -0.15) is 0 Å². The van der Waals surface area contributed by atoms with Crippen LogP contribution in [0.15, 0.2) is 77.2 Å². The average molecular weight is 530 g/mol. The molecule has 198 valence electrons. The molecular formula is C34H28FN3O2. The third kappa shape index (κ3) is 3.63. The van der Waals surface area contributed by atoms with Crippen LogP contribution >= 0.6 is 0 Å². The molecule has 7 rings (SSSR count). The Morgan fingerprint density at radius 2 is 1.62 bits per heavy atom. The van der Waals surface area contributed by atoms with Crippen LogP contribution in [0.3, 0.4) is 0 Å². The number of Topliss-reactive ketones (excluding diaryl/α,β-unsaturated/α-hetero) is 1. The Kier molecular flexibility index (Phi) is 5.49. The normalized spacial score (nSPS) is 13.7. The van der Waals surface area contributed by atoms with Gasteiger partial charge in [0.1, 0.15) is 11.6 Å². The molecule has 0 fully saturated rings. The number of furan rings is 1. The summed E-state index contributed by atoms with van der Waals surface area (Å²) in [6.45, 7) is 8.82. The molecule has 0 amide bonds. The summed E-state index contributed by atoms with van der Waals surface area (Å²) in [6, 6.07) is 20.8. The van der Waals surface area contributed by atoms with E-state index in [1.54, 1.807) is 12.1 Å². The molecule has 0 unspecified atom stereocenters. The van der Waals surface area contributed by atoms with Crippen LogP contribution < -0.4 is 0 Å². The van der Waals surface area contributed by atoms with Gasteiger partial charge in [0.2, 0.25) is 5.71 Å². The molecule has 6 aromatic rings. The predicted molar refractivity (Wildman–Crippen MR) is 157 cm³/mol. The first-order valence-corrected chi connectivity index (χ1v) is 13.7. The quantitative estimate of drug-likeness (QED) is 0.229. The third-order valence-corrected chi connectivity index (χ3v) is 7.82. The van der Waals surface area contributed by atoms with Gasteiger partial charge in [0.15, 0.2) is 11.5 Å². The first-order chi connectivity index (χ1) is 19.3. The Bertz CT molecular complexity index is 2000. The fourth-order valence-corrected chi connectivity index (χ4v) is 5.91. The van der Waals surface area contributed by atoms with Gasteiger partial charge in [-0.15, -0.1) is 0 Å². The number of halogens is 1. The zero-order chi connectivity index (χ0) is 27.7. The van der Waals surface area contributed by atoms with E-state index in [0.717, 1.165) is 28.1 Å². The van der Waals surface area contributed by atoms with Crippen LogP contribution in [0.2, 0.25) is 0 Å². The molecule has 5 nitrogen and oxygen atoms in total. The number of ketones is 1. The summed E-state index contributed by atoms with van der Waals surface area (Å²) in [5.41, 5.74) is 7.62. The highest BCUT2D eigenvalue weighted by Crippen LogP contribution is 2.42. The average Bonchev–Trinajstić information content (AvgIpc) is 3.50. The summed E-state index contributed by atoms with van der Waals surface area (Å²) in [6.07, 6.45) is 2.13.